The van der Waals surface area contributed by atoms with Crippen molar-refractivity contribution in [2.24, 2.45) is 5.92 Å². The highest BCUT2D eigenvalue weighted by Crippen LogP contribution is 2.35. The van der Waals surface area contributed by atoms with Crippen molar-refractivity contribution in [2.45, 2.75) is 69.8 Å². The van der Waals surface area contributed by atoms with Crippen molar-refractivity contribution < 1.29 is 10.2 Å². The van der Waals surface area contributed by atoms with Gasteiger partial charge in [-0.05, 0) is 38.1 Å². The molecule has 1 fully saturated rings. The van der Waals surface area contributed by atoms with Gasteiger partial charge in [0.1, 0.15) is 0 Å². The molecular formula is C15H31NO2S. The van der Waals surface area contributed by atoms with Gasteiger partial charge in [-0.3, -0.25) is 0 Å². The molecule has 0 amide bonds. The fraction of sp³-hybridized carbons (Fsp3) is 1.00. The summed E-state index contributed by atoms with van der Waals surface area (Å²) in [5, 5.41) is 22.7. The highest BCUT2D eigenvalue weighted by molar-refractivity contribution is 8.00. The normalized spacial score (nSPS) is 29.4. The maximum Gasteiger partial charge on any atom is 0.0861 e. The molecular weight excluding hydrogens is 258 g/mol. The van der Waals surface area contributed by atoms with Crippen LogP contribution in [0.15, 0.2) is 0 Å². The molecule has 1 rings (SSSR count). The highest BCUT2D eigenvalue weighted by atomic mass is 32.2. The first-order valence-corrected chi connectivity index (χ1v) is 8.90. The second-order valence-electron chi connectivity index (χ2n) is 5.74. The average molecular weight is 289 g/mol. The van der Waals surface area contributed by atoms with Crippen LogP contribution in [0.4, 0.5) is 0 Å². The molecule has 1 aliphatic rings. The average Bonchev–Trinajstić information content (AvgIpc) is 2.44. The third kappa shape index (κ3) is 6.48. The maximum atomic E-state index is 9.53. The fourth-order valence-corrected chi connectivity index (χ4v) is 4.36. The second-order valence-corrected chi connectivity index (χ2v) is 7.01. The number of hydrogen-bond acceptors (Lipinski definition) is 4. The molecule has 0 heterocycles. The van der Waals surface area contributed by atoms with Gasteiger partial charge in [-0.2, -0.15) is 11.8 Å². The van der Waals surface area contributed by atoms with Crippen LogP contribution in [0.1, 0.15) is 52.4 Å². The van der Waals surface area contributed by atoms with Crippen LogP contribution in [0.2, 0.25) is 0 Å². The molecule has 0 bridgehead atoms. The van der Waals surface area contributed by atoms with Gasteiger partial charge in [0.05, 0.1) is 12.7 Å². The highest BCUT2D eigenvalue weighted by Gasteiger charge is 2.30. The molecule has 0 aromatic heterocycles. The monoisotopic (exact) mass is 289 g/mol. The number of nitrogens with one attached hydrogen (secondary N) is 1. The third-order valence-corrected chi connectivity index (χ3v) is 5.49. The van der Waals surface area contributed by atoms with E-state index in [2.05, 4.69) is 19.2 Å². The lowest BCUT2D eigenvalue weighted by Crippen LogP contribution is -2.43. The Kier molecular flexibility index (Phi) is 9.12. The summed E-state index contributed by atoms with van der Waals surface area (Å²) < 4.78 is 0. The summed E-state index contributed by atoms with van der Waals surface area (Å²) in [6.07, 6.45) is 7.08. The molecule has 4 unspecified atom stereocenters. The zero-order chi connectivity index (χ0) is 14.1. The first-order valence-electron chi connectivity index (χ1n) is 7.85. The number of hydrogen-bond donors (Lipinski definition) is 3. The van der Waals surface area contributed by atoms with E-state index in [1.54, 1.807) is 0 Å². The van der Waals surface area contributed by atoms with Gasteiger partial charge in [0, 0.05) is 17.0 Å². The molecule has 1 saturated carbocycles. The van der Waals surface area contributed by atoms with E-state index in [4.69, 9.17) is 5.11 Å². The largest absolute Gasteiger partial charge is 0.394 e. The summed E-state index contributed by atoms with van der Waals surface area (Å²) in [6.45, 7) is 5.43. The van der Waals surface area contributed by atoms with Crippen molar-refractivity contribution in [3.63, 3.8) is 0 Å². The van der Waals surface area contributed by atoms with Crippen LogP contribution in [0.3, 0.4) is 0 Å². The predicted molar refractivity (Wildman–Crippen MR) is 83.7 cm³/mol. The number of aliphatic hydroxyl groups excluding tert-OH is 2. The van der Waals surface area contributed by atoms with E-state index in [-0.39, 0.29) is 6.61 Å². The molecule has 114 valence electrons. The number of thioether (sulfide) groups is 1. The Labute approximate surface area is 122 Å². The van der Waals surface area contributed by atoms with Gasteiger partial charge in [-0.1, -0.05) is 26.7 Å². The Hall–Kier alpha value is 0.230. The minimum atomic E-state index is -0.566. The quantitative estimate of drug-likeness (QED) is 0.610. The standard InChI is InChI=1S/C15H31NO2S/c1-3-5-12-6-7-14(16-8-4-2)15(9-12)19-11-13(18)10-17/h12-18H,3-11H2,1-2H3. The van der Waals surface area contributed by atoms with E-state index < -0.39 is 6.10 Å². The summed E-state index contributed by atoms with van der Waals surface area (Å²) in [6, 6.07) is 0.587. The molecule has 0 aromatic rings. The van der Waals surface area contributed by atoms with E-state index in [0.717, 1.165) is 12.5 Å². The van der Waals surface area contributed by atoms with Gasteiger partial charge < -0.3 is 15.5 Å². The minimum absolute atomic E-state index is 0.120. The fourth-order valence-electron chi connectivity index (χ4n) is 2.92. The number of rotatable bonds is 9. The van der Waals surface area contributed by atoms with Crippen LogP contribution in [-0.2, 0) is 0 Å². The lowest BCUT2D eigenvalue weighted by molar-refractivity contribution is 0.113. The Balaban J connectivity index is 2.44. The summed E-state index contributed by atoms with van der Waals surface area (Å²) in [5.41, 5.74) is 0. The van der Waals surface area contributed by atoms with Crippen LogP contribution in [0.5, 0.6) is 0 Å². The third-order valence-electron chi connectivity index (χ3n) is 3.97. The van der Waals surface area contributed by atoms with Crippen LogP contribution in [-0.4, -0.2) is 46.5 Å². The van der Waals surface area contributed by atoms with E-state index >= 15 is 0 Å². The van der Waals surface area contributed by atoms with Gasteiger partial charge in [-0.25, -0.2) is 0 Å². The molecule has 3 N–H and O–H groups in total. The molecule has 0 spiro atoms. The van der Waals surface area contributed by atoms with Crippen LogP contribution in [0, 0.1) is 5.92 Å². The lowest BCUT2D eigenvalue weighted by atomic mass is 9.83. The predicted octanol–water partition coefficient (Wildman–Crippen LogP) is 2.41. The molecule has 19 heavy (non-hydrogen) atoms. The Morgan fingerprint density at radius 2 is 2.05 bits per heavy atom. The molecule has 4 heteroatoms. The van der Waals surface area contributed by atoms with Crippen molar-refractivity contribution in [1.29, 1.82) is 0 Å². The summed E-state index contributed by atoms with van der Waals surface area (Å²) in [4.78, 5) is 0. The van der Waals surface area contributed by atoms with E-state index in [1.165, 1.54) is 38.5 Å². The molecule has 0 aliphatic heterocycles. The number of aliphatic hydroxyl groups is 2. The van der Waals surface area contributed by atoms with Crippen LogP contribution in [0.25, 0.3) is 0 Å². The second kappa shape index (κ2) is 10.0. The molecule has 0 saturated heterocycles. The topological polar surface area (TPSA) is 52.5 Å². The van der Waals surface area contributed by atoms with Gasteiger partial charge in [0.25, 0.3) is 0 Å². The Morgan fingerprint density at radius 1 is 1.26 bits per heavy atom. The van der Waals surface area contributed by atoms with Gasteiger partial charge in [0.15, 0.2) is 0 Å². The van der Waals surface area contributed by atoms with E-state index in [1.807, 2.05) is 11.8 Å². The minimum Gasteiger partial charge on any atom is -0.394 e. The molecule has 0 aromatic carbocycles. The Bertz CT molecular complexity index is 228. The van der Waals surface area contributed by atoms with Crippen molar-refractivity contribution in [2.75, 3.05) is 18.9 Å². The van der Waals surface area contributed by atoms with Gasteiger partial charge in [0.2, 0.25) is 0 Å². The van der Waals surface area contributed by atoms with Gasteiger partial charge >= 0.3 is 0 Å². The first kappa shape index (κ1) is 17.3. The zero-order valence-electron chi connectivity index (χ0n) is 12.5. The van der Waals surface area contributed by atoms with Crippen molar-refractivity contribution in [1.82, 2.24) is 5.32 Å². The summed E-state index contributed by atoms with van der Waals surface area (Å²) >= 11 is 1.85. The maximum absolute atomic E-state index is 9.53. The van der Waals surface area contributed by atoms with E-state index in [0.29, 0.717) is 17.0 Å². The van der Waals surface area contributed by atoms with E-state index in [9.17, 15) is 5.11 Å². The smallest absolute Gasteiger partial charge is 0.0861 e. The van der Waals surface area contributed by atoms with Crippen LogP contribution >= 0.6 is 11.8 Å². The van der Waals surface area contributed by atoms with Crippen LogP contribution < -0.4 is 5.32 Å². The zero-order valence-corrected chi connectivity index (χ0v) is 13.3. The lowest BCUT2D eigenvalue weighted by Gasteiger charge is -2.36. The van der Waals surface area contributed by atoms with Gasteiger partial charge in [-0.15, -0.1) is 0 Å². The molecule has 4 atom stereocenters. The summed E-state index contributed by atoms with van der Waals surface area (Å²) in [7, 11) is 0. The molecule has 1 aliphatic carbocycles. The first-order chi connectivity index (χ1) is 9.21. The van der Waals surface area contributed by atoms with Crippen molar-refractivity contribution in [3.05, 3.63) is 0 Å². The Morgan fingerprint density at radius 3 is 2.68 bits per heavy atom. The van der Waals surface area contributed by atoms with Crippen molar-refractivity contribution >= 4 is 11.8 Å². The SMILES string of the molecule is CCCNC1CCC(CCC)CC1SCC(O)CO. The molecule has 0 radical (unpaired) electrons. The molecule has 3 nitrogen and oxygen atoms in total. The van der Waals surface area contributed by atoms with Crippen molar-refractivity contribution in [3.8, 4) is 0 Å². The summed E-state index contributed by atoms with van der Waals surface area (Å²) in [5.74, 6) is 1.51.